The molecule has 3 aromatic rings. The summed E-state index contributed by atoms with van der Waals surface area (Å²) in [5.41, 5.74) is 9.09. The van der Waals surface area contributed by atoms with Gasteiger partial charge >= 0.3 is 0 Å². The highest BCUT2D eigenvalue weighted by Gasteiger charge is 2.42. The Balaban J connectivity index is 2.20. The molecule has 4 heteroatoms. The van der Waals surface area contributed by atoms with Crippen molar-refractivity contribution < 1.29 is 13.6 Å². The molecule has 116 valence electrons. The third kappa shape index (κ3) is 1.61. The Hall–Kier alpha value is -1.94. The summed E-state index contributed by atoms with van der Waals surface area (Å²) < 4.78 is 17.6. The van der Waals surface area contributed by atoms with Crippen molar-refractivity contribution in [1.82, 2.24) is 0 Å². The molecule has 2 N–H and O–H groups in total. The van der Waals surface area contributed by atoms with E-state index in [1.165, 1.54) is 12.0 Å². The lowest BCUT2D eigenvalue weighted by atomic mass is 9.63. The van der Waals surface area contributed by atoms with Crippen molar-refractivity contribution >= 4 is 21.9 Å². The minimum absolute atomic E-state index is 0.00335. The van der Waals surface area contributed by atoms with Crippen molar-refractivity contribution in [2.75, 3.05) is 13.7 Å². The van der Waals surface area contributed by atoms with Gasteiger partial charge in [0, 0.05) is 22.9 Å². The predicted molar refractivity (Wildman–Crippen MR) is 86.6 cm³/mol. The van der Waals surface area contributed by atoms with Gasteiger partial charge in [-0.3, -0.25) is 0 Å². The number of fused-ring (bicyclic) bond motifs is 2. The summed E-state index contributed by atoms with van der Waals surface area (Å²) in [6, 6.07) is 4.11. The van der Waals surface area contributed by atoms with Gasteiger partial charge in [-0.1, -0.05) is 6.42 Å². The Morgan fingerprint density at radius 2 is 1.73 bits per heavy atom. The van der Waals surface area contributed by atoms with Crippen molar-refractivity contribution in [3.05, 3.63) is 29.2 Å². The van der Waals surface area contributed by atoms with E-state index >= 15 is 0 Å². The van der Waals surface area contributed by atoms with Crippen LogP contribution >= 0.6 is 0 Å². The van der Waals surface area contributed by atoms with Gasteiger partial charge in [0.15, 0.2) is 11.3 Å². The van der Waals surface area contributed by atoms with Crippen LogP contribution in [0.3, 0.4) is 0 Å². The average Bonchev–Trinajstić information content (AvgIpc) is 2.99. The molecule has 0 amide bonds. The zero-order valence-electron chi connectivity index (χ0n) is 13.3. The molecule has 1 fully saturated rings. The quantitative estimate of drug-likeness (QED) is 0.788. The number of ether oxygens (including phenoxy) is 1. The van der Waals surface area contributed by atoms with E-state index in [1.54, 1.807) is 7.11 Å². The van der Waals surface area contributed by atoms with Crippen LogP contribution in [0.2, 0.25) is 0 Å². The number of methoxy groups -OCH3 is 1. The molecular formula is C18H21NO3. The van der Waals surface area contributed by atoms with Crippen molar-refractivity contribution in [3.8, 4) is 5.75 Å². The van der Waals surface area contributed by atoms with E-state index in [-0.39, 0.29) is 5.41 Å². The van der Waals surface area contributed by atoms with Gasteiger partial charge in [-0.05, 0) is 38.8 Å². The van der Waals surface area contributed by atoms with Gasteiger partial charge in [0.05, 0.1) is 12.5 Å². The summed E-state index contributed by atoms with van der Waals surface area (Å²) in [4.78, 5) is 0. The van der Waals surface area contributed by atoms with Crippen LogP contribution in [0.4, 0.5) is 0 Å². The Bertz CT molecular complexity index is 804. The van der Waals surface area contributed by atoms with Crippen molar-refractivity contribution in [2.45, 2.75) is 38.5 Å². The van der Waals surface area contributed by atoms with Gasteiger partial charge in [0.2, 0.25) is 0 Å². The van der Waals surface area contributed by atoms with Crippen LogP contribution in [-0.4, -0.2) is 13.7 Å². The van der Waals surface area contributed by atoms with Crippen LogP contribution < -0.4 is 10.5 Å². The molecule has 4 nitrogen and oxygen atoms in total. The molecule has 22 heavy (non-hydrogen) atoms. The van der Waals surface area contributed by atoms with E-state index < -0.39 is 0 Å². The monoisotopic (exact) mass is 299 g/mol. The van der Waals surface area contributed by atoms with Crippen molar-refractivity contribution in [1.29, 1.82) is 0 Å². The molecule has 0 spiro atoms. The van der Waals surface area contributed by atoms with E-state index in [4.69, 9.17) is 19.3 Å². The maximum atomic E-state index is 6.16. The molecule has 2 aromatic heterocycles. The normalized spacial score (nSPS) is 17.1. The standard InChI is InChI=1S/C18H21NO3/c1-10-7-12-14(18(9-19)5-4-6-18)15-13(8-11(2)21-15)16(20-3)17(12)22-10/h7-8H,4-6,9,19H2,1-3H3. The van der Waals surface area contributed by atoms with Gasteiger partial charge in [-0.2, -0.15) is 0 Å². The molecule has 0 atom stereocenters. The maximum absolute atomic E-state index is 6.16. The lowest BCUT2D eigenvalue weighted by Crippen LogP contribution is -2.41. The average molecular weight is 299 g/mol. The van der Waals surface area contributed by atoms with Gasteiger partial charge < -0.3 is 19.3 Å². The second kappa shape index (κ2) is 4.53. The van der Waals surface area contributed by atoms with E-state index in [2.05, 4.69) is 6.07 Å². The topological polar surface area (TPSA) is 61.5 Å². The third-order valence-corrected chi connectivity index (χ3v) is 5.09. The van der Waals surface area contributed by atoms with E-state index in [1.807, 2.05) is 19.9 Å². The van der Waals surface area contributed by atoms with Gasteiger partial charge in [-0.15, -0.1) is 0 Å². The second-order valence-electron chi connectivity index (χ2n) is 6.45. The molecule has 0 saturated heterocycles. The van der Waals surface area contributed by atoms with E-state index in [0.717, 1.165) is 52.1 Å². The van der Waals surface area contributed by atoms with Gasteiger partial charge in [0.25, 0.3) is 0 Å². The van der Waals surface area contributed by atoms with Crippen LogP contribution in [0.15, 0.2) is 21.0 Å². The molecule has 0 aliphatic heterocycles. The van der Waals surface area contributed by atoms with E-state index in [9.17, 15) is 0 Å². The lowest BCUT2D eigenvalue weighted by molar-refractivity contribution is 0.255. The highest BCUT2D eigenvalue weighted by Crippen LogP contribution is 2.51. The molecule has 4 rings (SSSR count). The Morgan fingerprint density at radius 3 is 2.27 bits per heavy atom. The number of hydrogen-bond donors (Lipinski definition) is 1. The summed E-state index contributed by atoms with van der Waals surface area (Å²) in [5, 5.41) is 2.07. The molecular weight excluding hydrogens is 278 g/mol. The summed E-state index contributed by atoms with van der Waals surface area (Å²) in [5.74, 6) is 2.51. The Labute approximate surface area is 129 Å². The first-order valence-corrected chi connectivity index (χ1v) is 7.80. The van der Waals surface area contributed by atoms with Crippen molar-refractivity contribution in [2.24, 2.45) is 5.73 Å². The molecule has 2 heterocycles. The molecule has 1 aromatic carbocycles. The molecule has 0 bridgehead atoms. The number of furan rings is 2. The SMILES string of the molecule is COc1c2cc(C)oc2c(C2(CN)CCC2)c2cc(C)oc12. The third-order valence-electron chi connectivity index (χ3n) is 5.09. The number of rotatable bonds is 3. The van der Waals surface area contributed by atoms with Crippen LogP contribution in [0.25, 0.3) is 21.9 Å². The van der Waals surface area contributed by atoms with E-state index in [0.29, 0.717) is 6.54 Å². The molecule has 1 saturated carbocycles. The fraction of sp³-hybridized carbons (Fsp3) is 0.444. The van der Waals surface area contributed by atoms with Crippen LogP contribution in [0.1, 0.15) is 36.3 Å². The fourth-order valence-corrected chi connectivity index (χ4v) is 3.87. The highest BCUT2D eigenvalue weighted by molar-refractivity contribution is 6.05. The second-order valence-corrected chi connectivity index (χ2v) is 6.45. The lowest BCUT2D eigenvalue weighted by Gasteiger charge is -2.41. The summed E-state index contributed by atoms with van der Waals surface area (Å²) in [6.45, 7) is 4.56. The first kappa shape index (κ1) is 13.7. The highest BCUT2D eigenvalue weighted by atomic mass is 16.5. The maximum Gasteiger partial charge on any atom is 0.177 e. The first-order chi connectivity index (χ1) is 10.6. The number of nitrogens with two attached hydrogens (primary N) is 1. The predicted octanol–water partition coefficient (Wildman–Crippen LogP) is 4.18. The van der Waals surface area contributed by atoms with Crippen LogP contribution in [0.5, 0.6) is 5.75 Å². The summed E-state index contributed by atoms with van der Waals surface area (Å²) in [6.07, 6.45) is 3.41. The largest absolute Gasteiger partial charge is 0.492 e. The number of hydrogen-bond acceptors (Lipinski definition) is 4. The zero-order valence-corrected chi connectivity index (χ0v) is 13.3. The zero-order chi connectivity index (χ0) is 15.5. The first-order valence-electron chi connectivity index (χ1n) is 7.80. The smallest absolute Gasteiger partial charge is 0.177 e. The van der Waals surface area contributed by atoms with Crippen molar-refractivity contribution in [3.63, 3.8) is 0 Å². The van der Waals surface area contributed by atoms with Gasteiger partial charge in [0.1, 0.15) is 17.1 Å². The molecule has 0 radical (unpaired) electrons. The van der Waals surface area contributed by atoms with Crippen LogP contribution in [0, 0.1) is 13.8 Å². The Kier molecular flexibility index (Phi) is 2.82. The van der Waals surface area contributed by atoms with Crippen LogP contribution in [-0.2, 0) is 5.41 Å². The molecule has 1 aliphatic rings. The minimum atomic E-state index is 0.00335. The molecule has 1 aliphatic carbocycles. The van der Waals surface area contributed by atoms with Gasteiger partial charge in [-0.25, -0.2) is 0 Å². The number of aryl methyl sites for hydroxylation is 2. The fourth-order valence-electron chi connectivity index (χ4n) is 3.87. The summed E-state index contributed by atoms with van der Waals surface area (Å²) >= 11 is 0. The Morgan fingerprint density at radius 1 is 1.09 bits per heavy atom. The minimum Gasteiger partial charge on any atom is -0.492 e. The molecule has 0 unspecified atom stereocenters. The number of benzene rings is 1. The summed E-state index contributed by atoms with van der Waals surface area (Å²) in [7, 11) is 1.68.